The molecular weight excluding hydrogens is 298 g/mol. The Morgan fingerprint density at radius 3 is 2.50 bits per heavy atom. The Morgan fingerprint density at radius 1 is 1.35 bits per heavy atom. The molecule has 0 amide bonds. The predicted octanol–water partition coefficient (Wildman–Crippen LogP) is 2.74. The van der Waals surface area contributed by atoms with E-state index in [9.17, 15) is 8.42 Å². The van der Waals surface area contributed by atoms with Gasteiger partial charge in [-0.2, -0.15) is 0 Å². The summed E-state index contributed by atoms with van der Waals surface area (Å²) in [6.45, 7) is 9.10. The average molecular weight is 320 g/mol. The molecule has 1 heterocycles. The van der Waals surface area contributed by atoms with Crippen LogP contribution in [0.25, 0.3) is 0 Å². The van der Waals surface area contributed by atoms with Crippen LogP contribution in [-0.4, -0.2) is 26.5 Å². The Hall–Kier alpha value is -0.850. The maximum atomic E-state index is 12.2. The van der Waals surface area contributed by atoms with Crippen molar-refractivity contribution in [1.29, 1.82) is 0 Å². The van der Waals surface area contributed by atoms with Crippen molar-refractivity contribution in [3.63, 3.8) is 0 Å². The summed E-state index contributed by atoms with van der Waals surface area (Å²) < 4.78 is 26.9. The molecular formula is C13H22ClN3O2S. The third kappa shape index (κ3) is 4.61. The highest BCUT2D eigenvalue weighted by Crippen LogP contribution is 2.22. The first-order valence-corrected chi connectivity index (χ1v) is 8.53. The third-order valence-electron chi connectivity index (χ3n) is 3.20. The van der Waals surface area contributed by atoms with Gasteiger partial charge in [-0.25, -0.2) is 18.1 Å². The van der Waals surface area contributed by atoms with Crippen LogP contribution < -0.4 is 10.0 Å². The van der Waals surface area contributed by atoms with Gasteiger partial charge in [0.25, 0.3) is 0 Å². The van der Waals surface area contributed by atoms with E-state index < -0.39 is 10.0 Å². The van der Waals surface area contributed by atoms with Crippen LogP contribution in [0.1, 0.15) is 27.7 Å². The van der Waals surface area contributed by atoms with Gasteiger partial charge in [0, 0.05) is 19.3 Å². The number of hydrogen-bond acceptors (Lipinski definition) is 4. The lowest BCUT2D eigenvalue weighted by Crippen LogP contribution is -2.30. The van der Waals surface area contributed by atoms with Crippen LogP contribution >= 0.6 is 11.6 Å². The second kappa shape index (κ2) is 7.24. The molecule has 0 fully saturated rings. The Labute approximate surface area is 126 Å². The molecule has 1 aromatic rings. The minimum atomic E-state index is -3.57. The van der Waals surface area contributed by atoms with Crippen molar-refractivity contribution in [3.8, 4) is 0 Å². The number of nitrogens with zero attached hydrogens (tertiary/aromatic N) is 1. The summed E-state index contributed by atoms with van der Waals surface area (Å²) in [6.07, 6.45) is 1.31. The van der Waals surface area contributed by atoms with Gasteiger partial charge in [-0.05, 0) is 24.8 Å². The first-order chi connectivity index (χ1) is 9.27. The van der Waals surface area contributed by atoms with E-state index in [1.807, 2.05) is 13.8 Å². The lowest BCUT2D eigenvalue weighted by Gasteiger charge is -2.16. The summed E-state index contributed by atoms with van der Waals surface area (Å²) in [7, 11) is -3.57. The fraction of sp³-hybridized carbons (Fsp3) is 0.615. The summed E-state index contributed by atoms with van der Waals surface area (Å²) >= 11 is 6.01. The van der Waals surface area contributed by atoms with Crippen molar-refractivity contribution in [3.05, 3.63) is 17.3 Å². The Balaban J connectivity index is 2.85. The molecule has 7 heteroatoms. The molecule has 2 N–H and O–H groups in total. The second-order valence-electron chi connectivity index (χ2n) is 5.10. The normalized spacial score (nSPS) is 13.5. The summed E-state index contributed by atoms with van der Waals surface area (Å²) in [5.41, 5.74) is 0. The molecule has 1 unspecified atom stereocenters. The molecule has 0 aromatic carbocycles. The number of anilines is 1. The van der Waals surface area contributed by atoms with Crippen LogP contribution in [0.4, 0.5) is 5.82 Å². The van der Waals surface area contributed by atoms with Crippen molar-refractivity contribution in [2.24, 2.45) is 11.8 Å². The van der Waals surface area contributed by atoms with E-state index in [1.165, 1.54) is 12.3 Å². The molecule has 5 nitrogen and oxygen atoms in total. The minimum Gasteiger partial charge on any atom is -0.369 e. The standard InChI is InChI=1S/C13H22ClN3O2S/c1-5-15-13-12(14)6-11(8-16-13)20(18,19)17-7-10(4)9(2)3/h6,8-10,17H,5,7H2,1-4H3,(H,15,16). The van der Waals surface area contributed by atoms with Crippen molar-refractivity contribution in [2.45, 2.75) is 32.6 Å². The highest BCUT2D eigenvalue weighted by atomic mass is 35.5. The molecule has 1 atom stereocenters. The molecule has 1 aromatic heterocycles. The third-order valence-corrected chi connectivity index (χ3v) is 4.88. The largest absolute Gasteiger partial charge is 0.369 e. The molecule has 0 aliphatic carbocycles. The van der Waals surface area contributed by atoms with E-state index in [-0.39, 0.29) is 10.8 Å². The first-order valence-electron chi connectivity index (χ1n) is 6.67. The van der Waals surface area contributed by atoms with E-state index in [4.69, 9.17) is 11.6 Å². The lowest BCUT2D eigenvalue weighted by atomic mass is 9.99. The Bertz CT molecular complexity index is 547. The highest BCUT2D eigenvalue weighted by Gasteiger charge is 2.18. The van der Waals surface area contributed by atoms with Gasteiger partial charge in [-0.15, -0.1) is 0 Å². The predicted molar refractivity (Wildman–Crippen MR) is 82.6 cm³/mol. The van der Waals surface area contributed by atoms with E-state index in [0.717, 1.165) is 0 Å². The average Bonchev–Trinajstić information content (AvgIpc) is 2.38. The maximum Gasteiger partial charge on any atom is 0.242 e. The number of rotatable bonds is 7. The van der Waals surface area contributed by atoms with Crippen molar-refractivity contribution in [1.82, 2.24) is 9.71 Å². The van der Waals surface area contributed by atoms with Crippen LogP contribution in [0.3, 0.4) is 0 Å². The highest BCUT2D eigenvalue weighted by molar-refractivity contribution is 7.89. The molecule has 0 aliphatic rings. The number of sulfonamides is 1. The maximum absolute atomic E-state index is 12.2. The molecule has 0 radical (unpaired) electrons. The monoisotopic (exact) mass is 319 g/mol. The SMILES string of the molecule is CCNc1ncc(S(=O)(=O)NCC(C)C(C)C)cc1Cl. The molecule has 0 saturated carbocycles. The van der Waals surface area contributed by atoms with Gasteiger partial charge in [-0.1, -0.05) is 32.4 Å². The van der Waals surface area contributed by atoms with Gasteiger partial charge >= 0.3 is 0 Å². The molecule has 1 rings (SSSR count). The fourth-order valence-corrected chi connectivity index (χ4v) is 2.84. The number of aromatic nitrogens is 1. The second-order valence-corrected chi connectivity index (χ2v) is 7.28. The number of nitrogens with one attached hydrogen (secondary N) is 2. The molecule has 0 saturated heterocycles. The zero-order chi connectivity index (χ0) is 15.3. The van der Waals surface area contributed by atoms with E-state index >= 15 is 0 Å². The van der Waals surface area contributed by atoms with E-state index in [2.05, 4.69) is 28.9 Å². The molecule has 0 bridgehead atoms. The molecule has 114 valence electrons. The number of halogens is 1. The van der Waals surface area contributed by atoms with Crippen molar-refractivity contribution >= 4 is 27.4 Å². The van der Waals surface area contributed by atoms with E-state index in [0.29, 0.717) is 29.8 Å². The van der Waals surface area contributed by atoms with Crippen LogP contribution in [-0.2, 0) is 10.0 Å². The Kier molecular flexibility index (Phi) is 6.23. The Morgan fingerprint density at radius 2 is 2.00 bits per heavy atom. The van der Waals surface area contributed by atoms with Gasteiger partial charge < -0.3 is 5.32 Å². The smallest absolute Gasteiger partial charge is 0.242 e. The lowest BCUT2D eigenvalue weighted by molar-refractivity contribution is 0.414. The van der Waals surface area contributed by atoms with Gasteiger partial charge in [0.2, 0.25) is 10.0 Å². The zero-order valence-electron chi connectivity index (χ0n) is 12.3. The summed E-state index contributed by atoms with van der Waals surface area (Å²) in [4.78, 5) is 4.12. The summed E-state index contributed by atoms with van der Waals surface area (Å²) in [5, 5.41) is 3.26. The first kappa shape index (κ1) is 17.2. The van der Waals surface area contributed by atoms with Gasteiger partial charge in [0.15, 0.2) is 0 Å². The topological polar surface area (TPSA) is 71.1 Å². The quantitative estimate of drug-likeness (QED) is 0.810. The van der Waals surface area contributed by atoms with Gasteiger partial charge in [0.1, 0.15) is 10.7 Å². The summed E-state index contributed by atoms with van der Waals surface area (Å²) in [6, 6.07) is 1.41. The van der Waals surface area contributed by atoms with Crippen molar-refractivity contribution in [2.75, 3.05) is 18.4 Å². The zero-order valence-corrected chi connectivity index (χ0v) is 13.8. The number of hydrogen-bond donors (Lipinski definition) is 2. The molecule has 20 heavy (non-hydrogen) atoms. The van der Waals surface area contributed by atoms with Crippen LogP contribution in [0.15, 0.2) is 17.2 Å². The van der Waals surface area contributed by atoms with Crippen LogP contribution in [0.5, 0.6) is 0 Å². The van der Waals surface area contributed by atoms with Gasteiger partial charge in [0.05, 0.1) is 5.02 Å². The van der Waals surface area contributed by atoms with Crippen molar-refractivity contribution < 1.29 is 8.42 Å². The van der Waals surface area contributed by atoms with Crippen LogP contribution in [0, 0.1) is 11.8 Å². The summed E-state index contributed by atoms with van der Waals surface area (Å²) in [5.74, 6) is 1.16. The molecule has 0 spiro atoms. The minimum absolute atomic E-state index is 0.0834. The van der Waals surface area contributed by atoms with Gasteiger partial charge in [-0.3, -0.25) is 0 Å². The molecule has 0 aliphatic heterocycles. The number of pyridine rings is 1. The van der Waals surface area contributed by atoms with Crippen LogP contribution in [0.2, 0.25) is 5.02 Å². The van der Waals surface area contributed by atoms with E-state index in [1.54, 1.807) is 0 Å². The fourth-order valence-electron chi connectivity index (χ4n) is 1.43.